The molecular formula is C15H17Cl2N3OS. The Kier molecular flexibility index (Phi) is 5.81. The van der Waals surface area contributed by atoms with Gasteiger partial charge in [0.1, 0.15) is 10.7 Å². The minimum atomic E-state index is -0.00134. The molecule has 1 saturated heterocycles. The number of carbonyl (C=O) groups excluding carboxylic acids is 1. The number of aromatic nitrogens is 1. The minimum absolute atomic E-state index is 0. The molecule has 1 amide bonds. The van der Waals surface area contributed by atoms with Crippen LogP contribution in [0.1, 0.15) is 17.4 Å². The standard InChI is InChI=1S/C15H16ClN3OS.ClH/c1-10-8-17-6-7-19(10)15(20)13-9-21-14(18-13)11-4-2-3-5-12(11)16;/h2-5,9-10,17H,6-8H2,1H3;1H/t10-;/m0./s1. The number of thiazole rings is 1. The maximum absolute atomic E-state index is 12.5. The van der Waals surface area contributed by atoms with Crippen LogP contribution in [0.4, 0.5) is 0 Å². The van der Waals surface area contributed by atoms with E-state index in [1.807, 2.05) is 41.5 Å². The summed E-state index contributed by atoms with van der Waals surface area (Å²) in [5, 5.41) is 6.53. The van der Waals surface area contributed by atoms with Crippen LogP contribution in [0.15, 0.2) is 29.6 Å². The lowest BCUT2D eigenvalue weighted by Crippen LogP contribution is -2.52. The SMILES string of the molecule is C[C@H]1CNCCN1C(=O)c1csc(-c2ccccc2Cl)n1.Cl. The summed E-state index contributed by atoms with van der Waals surface area (Å²) >= 11 is 7.63. The lowest BCUT2D eigenvalue weighted by atomic mass is 10.2. The summed E-state index contributed by atoms with van der Waals surface area (Å²) < 4.78 is 0. The lowest BCUT2D eigenvalue weighted by Gasteiger charge is -2.33. The van der Waals surface area contributed by atoms with Crippen molar-refractivity contribution in [2.24, 2.45) is 0 Å². The van der Waals surface area contributed by atoms with Crippen LogP contribution >= 0.6 is 35.3 Å². The highest BCUT2D eigenvalue weighted by atomic mass is 35.5. The first-order valence-electron chi connectivity index (χ1n) is 6.89. The van der Waals surface area contributed by atoms with Crippen LogP contribution in [0.5, 0.6) is 0 Å². The molecule has 118 valence electrons. The number of halogens is 2. The first-order valence-corrected chi connectivity index (χ1v) is 8.14. The van der Waals surface area contributed by atoms with E-state index in [1.165, 1.54) is 11.3 Å². The predicted molar refractivity (Wildman–Crippen MR) is 93.2 cm³/mol. The van der Waals surface area contributed by atoms with Crippen molar-refractivity contribution in [3.8, 4) is 10.6 Å². The first kappa shape index (κ1) is 17.2. The van der Waals surface area contributed by atoms with Gasteiger partial charge in [0.2, 0.25) is 0 Å². The van der Waals surface area contributed by atoms with Gasteiger partial charge in [0.25, 0.3) is 5.91 Å². The molecule has 4 nitrogen and oxygen atoms in total. The zero-order valence-corrected chi connectivity index (χ0v) is 14.5. The van der Waals surface area contributed by atoms with Crippen LogP contribution in [-0.4, -0.2) is 41.5 Å². The smallest absolute Gasteiger partial charge is 0.273 e. The maximum Gasteiger partial charge on any atom is 0.273 e. The van der Waals surface area contributed by atoms with Crippen LogP contribution in [-0.2, 0) is 0 Å². The van der Waals surface area contributed by atoms with Crippen LogP contribution in [0.3, 0.4) is 0 Å². The Labute approximate surface area is 144 Å². The molecule has 2 heterocycles. The molecule has 1 fully saturated rings. The second-order valence-electron chi connectivity index (χ2n) is 5.07. The van der Waals surface area contributed by atoms with E-state index in [9.17, 15) is 4.79 Å². The zero-order chi connectivity index (χ0) is 14.8. The summed E-state index contributed by atoms with van der Waals surface area (Å²) in [5.41, 5.74) is 1.38. The molecule has 1 aromatic heterocycles. The maximum atomic E-state index is 12.5. The number of hydrogen-bond acceptors (Lipinski definition) is 4. The Bertz CT molecular complexity index is 662. The summed E-state index contributed by atoms with van der Waals surface area (Å²) in [5.74, 6) is -0.00134. The average Bonchev–Trinajstić information content (AvgIpc) is 2.97. The molecule has 0 aliphatic carbocycles. The van der Waals surface area contributed by atoms with Crippen LogP contribution in [0.2, 0.25) is 5.02 Å². The monoisotopic (exact) mass is 357 g/mol. The molecule has 0 unspecified atom stereocenters. The van der Waals surface area contributed by atoms with E-state index in [1.54, 1.807) is 0 Å². The third-order valence-electron chi connectivity index (χ3n) is 3.59. The van der Waals surface area contributed by atoms with E-state index in [-0.39, 0.29) is 24.4 Å². The third kappa shape index (κ3) is 3.43. The van der Waals surface area contributed by atoms with E-state index < -0.39 is 0 Å². The highest BCUT2D eigenvalue weighted by Crippen LogP contribution is 2.30. The van der Waals surface area contributed by atoms with Crippen molar-refractivity contribution >= 4 is 41.3 Å². The molecule has 0 bridgehead atoms. The Morgan fingerprint density at radius 2 is 2.23 bits per heavy atom. The Morgan fingerprint density at radius 1 is 1.45 bits per heavy atom. The van der Waals surface area contributed by atoms with Crippen molar-refractivity contribution in [3.63, 3.8) is 0 Å². The molecular weight excluding hydrogens is 341 g/mol. The molecule has 1 aromatic carbocycles. The number of rotatable bonds is 2. The van der Waals surface area contributed by atoms with Crippen molar-refractivity contribution in [1.82, 2.24) is 15.2 Å². The van der Waals surface area contributed by atoms with Gasteiger partial charge in [-0.05, 0) is 13.0 Å². The van der Waals surface area contributed by atoms with E-state index in [4.69, 9.17) is 11.6 Å². The lowest BCUT2D eigenvalue weighted by molar-refractivity contribution is 0.0650. The Hall–Kier alpha value is -1.14. The highest BCUT2D eigenvalue weighted by molar-refractivity contribution is 7.13. The molecule has 0 spiro atoms. The predicted octanol–water partition coefficient (Wildman–Crippen LogP) is 3.32. The van der Waals surface area contributed by atoms with Crippen molar-refractivity contribution in [2.75, 3.05) is 19.6 Å². The van der Waals surface area contributed by atoms with Gasteiger partial charge in [-0.1, -0.05) is 29.8 Å². The zero-order valence-electron chi connectivity index (χ0n) is 12.1. The van der Waals surface area contributed by atoms with Gasteiger partial charge in [-0.3, -0.25) is 4.79 Å². The van der Waals surface area contributed by atoms with Crippen LogP contribution in [0, 0.1) is 0 Å². The van der Waals surface area contributed by atoms with Gasteiger partial charge in [-0.2, -0.15) is 0 Å². The molecule has 0 saturated carbocycles. The van der Waals surface area contributed by atoms with Gasteiger partial charge in [0, 0.05) is 36.6 Å². The summed E-state index contributed by atoms with van der Waals surface area (Å²) in [7, 11) is 0. The van der Waals surface area contributed by atoms with Gasteiger partial charge in [-0.15, -0.1) is 23.7 Å². The number of nitrogens with one attached hydrogen (secondary N) is 1. The molecule has 1 aliphatic rings. The molecule has 3 rings (SSSR count). The van der Waals surface area contributed by atoms with Crippen molar-refractivity contribution < 1.29 is 4.79 Å². The third-order valence-corrected chi connectivity index (χ3v) is 4.79. The molecule has 0 radical (unpaired) electrons. The summed E-state index contributed by atoms with van der Waals surface area (Å²) in [6.07, 6.45) is 0. The van der Waals surface area contributed by atoms with E-state index in [2.05, 4.69) is 10.3 Å². The van der Waals surface area contributed by atoms with Gasteiger partial charge in [0.05, 0.1) is 5.02 Å². The number of benzene rings is 1. The second-order valence-corrected chi connectivity index (χ2v) is 6.33. The van der Waals surface area contributed by atoms with Crippen LogP contribution in [0.25, 0.3) is 10.6 Å². The van der Waals surface area contributed by atoms with E-state index in [0.717, 1.165) is 30.2 Å². The fourth-order valence-electron chi connectivity index (χ4n) is 2.42. The number of hydrogen-bond donors (Lipinski definition) is 1. The first-order chi connectivity index (χ1) is 10.2. The van der Waals surface area contributed by atoms with Crippen molar-refractivity contribution in [1.29, 1.82) is 0 Å². The molecule has 1 aliphatic heterocycles. The Balaban J connectivity index is 0.00000176. The van der Waals surface area contributed by atoms with Gasteiger partial charge in [-0.25, -0.2) is 4.98 Å². The largest absolute Gasteiger partial charge is 0.332 e. The van der Waals surface area contributed by atoms with Crippen LogP contribution < -0.4 is 5.32 Å². The number of nitrogens with zero attached hydrogens (tertiary/aromatic N) is 2. The molecule has 1 N–H and O–H groups in total. The number of amides is 1. The molecule has 7 heteroatoms. The highest BCUT2D eigenvalue weighted by Gasteiger charge is 2.25. The van der Waals surface area contributed by atoms with Crippen molar-refractivity contribution in [2.45, 2.75) is 13.0 Å². The topological polar surface area (TPSA) is 45.2 Å². The number of piperazine rings is 1. The van der Waals surface area contributed by atoms with Gasteiger partial charge >= 0.3 is 0 Å². The fraction of sp³-hybridized carbons (Fsp3) is 0.333. The Morgan fingerprint density at radius 3 is 2.95 bits per heavy atom. The number of carbonyl (C=O) groups is 1. The van der Waals surface area contributed by atoms with E-state index >= 15 is 0 Å². The summed E-state index contributed by atoms with van der Waals surface area (Å²) in [4.78, 5) is 18.9. The quantitative estimate of drug-likeness (QED) is 0.896. The van der Waals surface area contributed by atoms with E-state index in [0.29, 0.717) is 10.7 Å². The normalized spacial score (nSPS) is 17.9. The minimum Gasteiger partial charge on any atom is -0.332 e. The molecule has 22 heavy (non-hydrogen) atoms. The van der Waals surface area contributed by atoms with Gasteiger partial charge in [0.15, 0.2) is 0 Å². The second kappa shape index (κ2) is 7.42. The van der Waals surface area contributed by atoms with Crippen molar-refractivity contribution in [3.05, 3.63) is 40.4 Å². The summed E-state index contributed by atoms with van der Waals surface area (Å²) in [6, 6.07) is 7.74. The fourth-order valence-corrected chi connectivity index (χ4v) is 3.53. The average molecular weight is 358 g/mol. The molecule has 2 aromatic rings. The summed E-state index contributed by atoms with van der Waals surface area (Å²) in [6.45, 7) is 4.43. The molecule has 1 atom stereocenters. The van der Waals surface area contributed by atoms with Gasteiger partial charge < -0.3 is 10.2 Å².